The van der Waals surface area contributed by atoms with E-state index in [1.165, 1.54) is 36.8 Å². The molecule has 96 valence electrons. The molecule has 0 amide bonds. The van der Waals surface area contributed by atoms with E-state index in [1.807, 2.05) is 0 Å². The molecule has 1 nitrogen and oxygen atoms in total. The minimum atomic E-state index is 0.0748. The van der Waals surface area contributed by atoms with Crippen LogP contribution in [0.2, 0.25) is 0 Å². The summed E-state index contributed by atoms with van der Waals surface area (Å²) < 4.78 is 6.48. The van der Waals surface area contributed by atoms with Crippen LogP contribution in [0.3, 0.4) is 0 Å². The van der Waals surface area contributed by atoms with E-state index < -0.39 is 0 Å². The van der Waals surface area contributed by atoms with E-state index in [0.29, 0.717) is 11.3 Å². The standard InChI is InChI=1S/C17H22O/c1-11-10-16(2,3)13-9-12-5-4-7-17(12)8-6-14(18-17)15(11)13/h6,8,12,14H,1,4-5,7,9-10H2,2-3H3/t12-,14?,17-/m0/s1. The first-order valence-electron chi connectivity index (χ1n) is 7.31. The van der Waals surface area contributed by atoms with E-state index in [-0.39, 0.29) is 11.7 Å². The Morgan fingerprint density at radius 3 is 3.06 bits per heavy atom. The van der Waals surface area contributed by atoms with E-state index in [1.54, 1.807) is 5.57 Å². The number of allylic oxidation sites excluding steroid dienone is 1. The molecular weight excluding hydrogens is 220 g/mol. The van der Waals surface area contributed by atoms with Gasteiger partial charge in [0.25, 0.3) is 0 Å². The Bertz CT molecular complexity index is 494. The van der Waals surface area contributed by atoms with E-state index in [0.717, 1.165) is 6.42 Å². The smallest absolute Gasteiger partial charge is 0.102 e. The van der Waals surface area contributed by atoms with Gasteiger partial charge in [-0.2, -0.15) is 0 Å². The zero-order valence-corrected chi connectivity index (χ0v) is 11.5. The van der Waals surface area contributed by atoms with Gasteiger partial charge in [0.1, 0.15) is 6.10 Å². The molecule has 1 fully saturated rings. The van der Waals surface area contributed by atoms with Crippen molar-refractivity contribution >= 4 is 0 Å². The molecule has 4 aliphatic rings. The fourth-order valence-electron chi connectivity index (χ4n) is 4.76. The Labute approximate surface area is 110 Å². The van der Waals surface area contributed by atoms with Gasteiger partial charge < -0.3 is 4.74 Å². The Morgan fingerprint density at radius 1 is 1.39 bits per heavy atom. The van der Waals surface area contributed by atoms with Crippen molar-refractivity contribution < 1.29 is 4.74 Å². The van der Waals surface area contributed by atoms with Crippen LogP contribution in [0.25, 0.3) is 0 Å². The van der Waals surface area contributed by atoms with Gasteiger partial charge >= 0.3 is 0 Å². The number of rotatable bonds is 0. The van der Waals surface area contributed by atoms with Crippen LogP contribution in [-0.2, 0) is 4.74 Å². The second-order valence-electron chi connectivity index (χ2n) is 7.20. The van der Waals surface area contributed by atoms with Gasteiger partial charge in [0.05, 0.1) is 5.60 Å². The lowest BCUT2D eigenvalue weighted by atomic mass is 9.76. The van der Waals surface area contributed by atoms with Gasteiger partial charge in [-0.05, 0) is 54.6 Å². The highest BCUT2D eigenvalue weighted by Crippen LogP contribution is 2.58. The summed E-state index contributed by atoms with van der Waals surface area (Å²) in [5, 5.41) is 0. The van der Waals surface area contributed by atoms with Crippen LogP contribution in [0.4, 0.5) is 0 Å². The minimum Gasteiger partial charge on any atom is -0.359 e. The molecule has 0 radical (unpaired) electrons. The summed E-state index contributed by atoms with van der Waals surface area (Å²) in [5.74, 6) is 0.705. The summed E-state index contributed by atoms with van der Waals surface area (Å²) >= 11 is 0. The van der Waals surface area contributed by atoms with Gasteiger partial charge in [0, 0.05) is 0 Å². The van der Waals surface area contributed by atoms with Gasteiger partial charge in [-0.25, -0.2) is 0 Å². The number of ether oxygens (including phenoxy) is 1. The molecule has 1 unspecified atom stereocenters. The lowest BCUT2D eigenvalue weighted by Crippen LogP contribution is -2.33. The Kier molecular flexibility index (Phi) is 1.96. The van der Waals surface area contributed by atoms with Crippen LogP contribution >= 0.6 is 0 Å². The maximum atomic E-state index is 6.48. The van der Waals surface area contributed by atoms with Gasteiger partial charge in [-0.3, -0.25) is 0 Å². The summed E-state index contributed by atoms with van der Waals surface area (Å²) in [6, 6.07) is 0. The molecule has 18 heavy (non-hydrogen) atoms. The van der Waals surface area contributed by atoms with Gasteiger partial charge in [-0.15, -0.1) is 0 Å². The van der Waals surface area contributed by atoms with Crippen molar-refractivity contribution in [1.82, 2.24) is 0 Å². The normalized spacial score (nSPS) is 44.2. The van der Waals surface area contributed by atoms with Gasteiger partial charge in [0.15, 0.2) is 0 Å². The molecule has 3 atom stereocenters. The molecule has 4 rings (SSSR count). The number of fused-ring (bicyclic) bond motifs is 2. The summed E-state index contributed by atoms with van der Waals surface area (Å²) in [6.07, 6.45) is 11.1. The summed E-state index contributed by atoms with van der Waals surface area (Å²) in [4.78, 5) is 0. The van der Waals surface area contributed by atoms with E-state index >= 15 is 0 Å². The van der Waals surface area contributed by atoms with Crippen molar-refractivity contribution in [2.24, 2.45) is 11.3 Å². The van der Waals surface area contributed by atoms with Crippen LogP contribution in [0.1, 0.15) is 46.0 Å². The zero-order chi connectivity index (χ0) is 12.5. The van der Waals surface area contributed by atoms with Crippen molar-refractivity contribution in [3.8, 4) is 0 Å². The first-order chi connectivity index (χ1) is 8.52. The molecule has 2 heterocycles. The van der Waals surface area contributed by atoms with Crippen LogP contribution in [0, 0.1) is 11.3 Å². The third-order valence-corrected chi connectivity index (χ3v) is 5.62. The second-order valence-corrected chi connectivity index (χ2v) is 7.20. The third-order valence-electron chi connectivity index (χ3n) is 5.62. The monoisotopic (exact) mass is 242 g/mol. The van der Waals surface area contributed by atoms with Crippen LogP contribution < -0.4 is 0 Å². The Balaban J connectivity index is 1.86. The quantitative estimate of drug-likeness (QED) is 0.579. The number of hydrogen-bond donors (Lipinski definition) is 0. The molecule has 1 heteroatoms. The molecule has 0 aromatic rings. The van der Waals surface area contributed by atoms with Gasteiger partial charge in [0.2, 0.25) is 0 Å². The zero-order valence-electron chi connectivity index (χ0n) is 11.5. The predicted molar refractivity (Wildman–Crippen MR) is 73.3 cm³/mol. The molecule has 0 N–H and O–H groups in total. The van der Waals surface area contributed by atoms with Crippen LogP contribution in [-0.4, -0.2) is 11.7 Å². The van der Waals surface area contributed by atoms with Crippen molar-refractivity contribution in [3.63, 3.8) is 0 Å². The van der Waals surface area contributed by atoms with Gasteiger partial charge in [-0.1, -0.05) is 38.2 Å². The Morgan fingerprint density at radius 2 is 2.22 bits per heavy atom. The highest BCUT2D eigenvalue weighted by molar-refractivity contribution is 5.51. The fourth-order valence-corrected chi connectivity index (χ4v) is 4.76. The highest BCUT2D eigenvalue weighted by Gasteiger charge is 2.52. The number of hydrogen-bond acceptors (Lipinski definition) is 1. The average Bonchev–Trinajstić information content (AvgIpc) is 2.88. The molecular formula is C17H22O. The molecule has 2 aliphatic heterocycles. The second kappa shape index (κ2) is 3.19. The lowest BCUT2D eigenvalue weighted by Gasteiger charge is -2.31. The third kappa shape index (κ3) is 1.21. The molecule has 0 aromatic carbocycles. The summed E-state index contributed by atoms with van der Waals surface area (Å²) in [6.45, 7) is 9.07. The highest BCUT2D eigenvalue weighted by atomic mass is 16.5. The van der Waals surface area contributed by atoms with E-state index in [2.05, 4.69) is 32.6 Å². The largest absolute Gasteiger partial charge is 0.359 e. The van der Waals surface area contributed by atoms with Crippen molar-refractivity contribution in [3.05, 3.63) is 35.5 Å². The predicted octanol–water partition coefficient (Wildman–Crippen LogP) is 4.17. The van der Waals surface area contributed by atoms with Crippen LogP contribution in [0.15, 0.2) is 35.5 Å². The molecule has 2 bridgehead atoms. The molecule has 1 saturated carbocycles. The molecule has 2 aliphatic carbocycles. The summed E-state index contributed by atoms with van der Waals surface area (Å²) in [5.41, 5.74) is 4.79. The summed E-state index contributed by atoms with van der Waals surface area (Å²) in [7, 11) is 0. The lowest BCUT2D eigenvalue weighted by molar-refractivity contribution is -0.0292. The molecule has 1 spiro atoms. The molecule has 0 saturated heterocycles. The first kappa shape index (κ1) is 11.0. The van der Waals surface area contributed by atoms with Crippen molar-refractivity contribution in [2.75, 3.05) is 0 Å². The van der Waals surface area contributed by atoms with Crippen molar-refractivity contribution in [1.29, 1.82) is 0 Å². The van der Waals surface area contributed by atoms with E-state index in [9.17, 15) is 0 Å². The van der Waals surface area contributed by atoms with E-state index in [4.69, 9.17) is 4.74 Å². The maximum Gasteiger partial charge on any atom is 0.102 e. The maximum absolute atomic E-state index is 6.48. The Hall–Kier alpha value is -0.820. The topological polar surface area (TPSA) is 9.23 Å². The SMILES string of the molecule is C=C1CC(C)(C)C2=C1C1C=C[C@]3(CCC[C@H]3C2)O1. The minimum absolute atomic E-state index is 0.0748. The first-order valence-corrected chi connectivity index (χ1v) is 7.31. The molecule has 0 aromatic heterocycles. The fraction of sp³-hybridized carbons (Fsp3) is 0.647. The van der Waals surface area contributed by atoms with Crippen molar-refractivity contribution in [2.45, 2.75) is 57.7 Å². The average molecular weight is 242 g/mol. The van der Waals surface area contributed by atoms with Crippen LogP contribution in [0.5, 0.6) is 0 Å².